The number of hydrogen-bond acceptors (Lipinski definition) is 7. The van der Waals surface area contributed by atoms with Gasteiger partial charge in [-0.05, 0) is 43.9 Å². The Morgan fingerprint density at radius 3 is 2.58 bits per heavy atom. The summed E-state index contributed by atoms with van der Waals surface area (Å²) in [4.78, 5) is 22.3. The van der Waals surface area contributed by atoms with Crippen LogP contribution in [0.25, 0.3) is 0 Å². The number of carbonyl (C=O) groups is 2. The first-order chi connectivity index (χ1) is 15.6. The largest absolute Gasteiger partial charge is 0.488 e. The van der Waals surface area contributed by atoms with Crippen LogP contribution in [0, 0.1) is 11.8 Å². The maximum Gasteiger partial charge on any atom is 0.305 e. The van der Waals surface area contributed by atoms with Gasteiger partial charge in [0.15, 0.2) is 0 Å². The lowest BCUT2D eigenvalue weighted by Crippen LogP contribution is -2.27. The number of ether oxygens (including phenoxy) is 3. The van der Waals surface area contributed by atoms with E-state index < -0.39 is 22.1 Å². The number of carbonyl (C=O) groups excluding carboxylic acids is 2. The van der Waals surface area contributed by atoms with Gasteiger partial charge in [-0.2, -0.15) is 0 Å². The van der Waals surface area contributed by atoms with Gasteiger partial charge in [0, 0.05) is 24.8 Å². The monoisotopic (exact) mass is 521 g/mol. The summed E-state index contributed by atoms with van der Waals surface area (Å²) in [5.41, 5.74) is 0. The van der Waals surface area contributed by atoms with Gasteiger partial charge >= 0.3 is 11.9 Å². The molecule has 0 aliphatic rings. The Hall–Kier alpha value is -1.99. The number of halogens is 2. The molecule has 8 nitrogen and oxygen atoms in total. The van der Waals surface area contributed by atoms with Crippen molar-refractivity contribution in [2.45, 2.75) is 51.6 Å². The third-order valence-corrected chi connectivity index (χ3v) is 6.20. The molecule has 0 aliphatic heterocycles. The molecule has 1 rings (SSSR count). The minimum Gasteiger partial charge on any atom is -0.488 e. The number of hydrogen-bond donors (Lipinski definition) is 1. The van der Waals surface area contributed by atoms with Crippen LogP contribution in [-0.4, -0.2) is 52.5 Å². The van der Waals surface area contributed by atoms with E-state index in [2.05, 4.69) is 21.3 Å². The maximum absolute atomic E-state index is 12.1. The first-order valence-electron chi connectivity index (χ1n) is 10.4. The van der Waals surface area contributed by atoms with Crippen LogP contribution in [0.2, 0.25) is 10.0 Å². The highest BCUT2D eigenvalue weighted by Gasteiger charge is 2.16. The Morgan fingerprint density at radius 2 is 1.91 bits per heavy atom. The van der Waals surface area contributed by atoms with Gasteiger partial charge in [0.25, 0.3) is 0 Å². The topological polar surface area (TPSA) is 108 Å². The number of sulfonamides is 1. The van der Waals surface area contributed by atoms with Gasteiger partial charge in [-0.15, -0.1) is 5.92 Å². The molecule has 0 bridgehead atoms. The number of benzene rings is 1. The fourth-order valence-corrected chi connectivity index (χ4v) is 4.13. The van der Waals surface area contributed by atoms with E-state index in [-0.39, 0.29) is 31.3 Å². The Kier molecular flexibility index (Phi) is 13.9. The van der Waals surface area contributed by atoms with Gasteiger partial charge < -0.3 is 14.2 Å². The minimum atomic E-state index is -3.47. The van der Waals surface area contributed by atoms with Crippen LogP contribution in [0.3, 0.4) is 0 Å². The van der Waals surface area contributed by atoms with Crippen LogP contribution in [0.4, 0.5) is 0 Å². The van der Waals surface area contributed by atoms with Crippen molar-refractivity contribution >= 4 is 45.2 Å². The van der Waals surface area contributed by atoms with Crippen LogP contribution < -0.4 is 9.46 Å². The molecule has 0 fully saturated rings. The Balaban J connectivity index is 2.35. The number of methoxy groups -OCH3 is 1. The van der Waals surface area contributed by atoms with Gasteiger partial charge in [-0.25, -0.2) is 13.1 Å². The van der Waals surface area contributed by atoms with Crippen LogP contribution in [-0.2, 0) is 29.1 Å². The molecule has 0 saturated heterocycles. The summed E-state index contributed by atoms with van der Waals surface area (Å²) in [6.07, 6.45) is 2.10. The molecule has 0 amide bonds. The Labute approximate surface area is 205 Å². The van der Waals surface area contributed by atoms with Crippen molar-refractivity contribution in [3.8, 4) is 17.6 Å². The second kappa shape index (κ2) is 15.8. The van der Waals surface area contributed by atoms with Crippen molar-refractivity contribution in [3.63, 3.8) is 0 Å². The quantitative estimate of drug-likeness (QED) is 0.225. The van der Waals surface area contributed by atoms with Crippen LogP contribution in [0.1, 0.15) is 45.4 Å². The molecule has 0 spiro atoms. The summed E-state index contributed by atoms with van der Waals surface area (Å²) in [6, 6.07) is 4.80. The molecule has 1 atom stereocenters. The number of nitrogens with one attached hydrogen (secondary N) is 1. The lowest BCUT2D eigenvalue weighted by atomic mass is 10.2. The molecule has 33 heavy (non-hydrogen) atoms. The molecule has 0 aliphatic carbocycles. The molecular weight excluding hydrogens is 493 g/mol. The summed E-state index contributed by atoms with van der Waals surface area (Å²) in [5, 5.41) is 0.816. The smallest absolute Gasteiger partial charge is 0.305 e. The molecule has 0 radical (unpaired) electrons. The lowest BCUT2D eigenvalue weighted by Gasteiger charge is -2.18. The van der Waals surface area contributed by atoms with Crippen molar-refractivity contribution in [1.82, 2.24) is 4.72 Å². The van der Waals surface area contributed by atoms with Crippen molar-refractivity contribution in [2.75, 3.05) is 26.0 Å². The molecule has 1 N–H and O–H groups in total. The number of rotatable bonds is 14. The van der Waals surface area contributed by atoms with Crippen molar-refractivity contribution < 1.29 is 32.2 Å². The Morgan fingerprint density at radius 1 is 1.15 bits per heavy atom. The van der Waals surface area contributed by atoms with Crippen LogP contribution >= 0.6 is 23.2 Å². The lowest BCUT2D eigenvalue weighted by molar-refractivity contribution is -0.148. The van der Waals surface area contributed by atoms with E-state index in [1.54, 1.807) is 18.2 Å². The molecular formula is C22H29Cl2NO7S. The highest BCUT2D eigenvalue weighted by molar-refractivity contribution is 7.89. The Bertz CT molecular complexity index is 942. The zero-order valence-electron chi connectivity index (χ0n) is 18.7. The van der Waals surface area contributed by atoms with Gasteiger partial charge in [0.2, 0.25) is 10.0 Å². The molecule has 1 aromatic carbocycles. The van der Waals surface area contributed by atoms with E-state index in [0.29, 0.717) is 47.9 Å². The highest BCUT2D eigenvalue weighted by atomic mass is 35.5. The van der Waals surface area contributed by atoms with E-state index in [4.69, 9.17) is 32.7 Å². The predicted molar refractivity (Wildman–Crippen MR) is 127 cm³/mol. The summed E-state index contributed by atoms with van der Waals surface area (Å²) >= 11 is 11.9. The predicted octanol–water partition coefficient (Wildman–Crippen LogP) is 3.74. The fourth-order valence-electron chi connectivity index (χ4n) is 2.64. The standard InChI is InChI=1S/C22H29Cl2NO7S/c1-17(26)32-19(16-31-21-12-11-18(23)15-20(21)24)9-6-8-14-33(28,29)25-13-7-4-3-5-10-22(27)30-2/h11-12,15,19,25H,3,5-6,8-10,13-14,16H2,1-2H3. The van der Waals surface area contributed by atoms with Crippen molar-refractivity contribution in [1.29, 1.82) is 0 Å². The molecule has 0 aromatic heterocycles. The first kappa shape index (κ1) is 29.0. The zero-order chi connectivity index (χ0) is 24.7. The highest BCUT2D eigenvalue weighted by Crippen LogP contribution is 2.27. The minimum absolute atomic E-state index is 0.00627. The molecule has 184 valence electrons. The van der Waals surface area contributed by atoms with Gasteiger partial charge in [-0.3, -0.25) is 9.59 Å². The van der Waals surface area contributed by atoms with Crippen LogP contribution in [0.15, 0.2) is 18.2 Å². The second-order valence-electron chi connectivity index (χ2n) is 7.04. The molecule has 1 unspecified atom stereocenters. The van der Waals surface area contributed by atoms with E-state index >= 15 is 0 Å². The van der Waals surface area contributed by atoms with E-state index in [1.807, 2.05) is 0 Å². The number of unbranched alkanes of at least 4 members (excludes halogenated alkanes) is 2. The second-order valence-corrected chi connectivity index (χ2v) is 9.81. The van der Waals surface area contributed by atoms with Crippen molar-refractivity contribution in [3.05, 3.63) is 28.2 Å². The number of esters is 2. The van der Waals surface area contributed by atoms with E-state index in [1.165, 1.54) is 14.0 Å². The molecule has 1 aromatic rings. The zero-order valence-corrected chi connectivity index (χ0v) is 21.0. The van der Waals surface area contributed by atoms with Crippen molar-refractivity contribution in [2.24, 2.45) is 0 Å². The third-order valence-electron chi connectivity index (χ3n) is 4.26. The molecule has 11 heteroatoms. The van der Waals surface area contributed by atoms with Gasteiger partial charge in [0.05, 0.1) is 24.4 Å². The maximum atomic E-state index is 12.1. The van der Waals surface area contributed by atoms with Crippen LogP contribution in [0.5, 0.6) is 5.75 Å². The summed E-state index contributed by atoms with van der Waals surface area (Å²) in [7, 11) is -2.15. The van der Waals surface area contributed by atoms with E-state index in [9.17, 15) is 18.0 Å². The molecule has 0 saturated carbocycles. The average molecular weight is 522 g/mol. The summed E-state index contributed by atoms with van der Waals surface area (Å²) in [5.74, 6) is 5.11. The summed E-state index contributed by atoms with van der Waals surface area (Å²) in [6.45, 7) is 1.39. The van der Waals surface area contributed by atoms with E-state index in [0.717, 1.165) is 0 Å². The van der Waals surface area contributed by atoms with Gasteiger partial charge in [-0.1, -0.05) is 29.1 Å². The SMILES string of the molecule is COC(=O)CCCC#CCNS(=O)(=O)CCCCC(COc1ccc(Cl)cc1Cl)OC(C)=O. The average Bonchev–Trinajstić information content (AvgIpc) is 2.74. The molecule has 0 heterocycles. The fraction of sp³-hybridized carbons (Fsp3) is 0.545. The summed E-state index contributed by atoms with van der Waals surface area (Å²) < 4.78 is 42.0. The normalized spacial score (nSPS) is 11.8. The third kappa shape index (κ3) is 14.0. The first-order valence-corrected chi connectivity index (χ1v) is 12.8. The van der Waals surface area contributed by atoms with Gasteiger partial charge in [0.1, 0.15) is 18.5 Å².